The molecule has 176 valence electrons. The second-order valence-corrected chi connectivity index (χ2v) is 7.78. The van der Waals surface area contributed by atoms with Crippen molar-refractivity contribution in [2.24, 2.45) is 0 Å². The van der Waals surface area contributed by atoms with Crippen LogP contribution in [-0.4, -0.2) is 38.1 Å². The Hall–Kier alpha value is -3.70. The number of pyridine rings is 1. The number of benzene rings is 2. The number of carbonyl (C=O) groups is 1. The number of rotatable bonds is 6. The third kappa shape index (κ3) is 4.52. The first-order valence-corrected chi connectivity index (χ1v) is 10.1. The Kier molecular flexibility index (Phi) is 6.15. The molecule has 12 heteroatoms. The predicted octanol–water partition coefficient (Wildman–Crippen LogP) is 4.01. The highest BCUT2D eigenvalue weighted by Gasteiger charge is 2.40. The van der Waals surface area contributed by atoms with Crippen molar-refractivity contribution in [3.05, 3.63) is 82.5 Å². The summed E-state index contributed by atoms with van der Waals surface area (Å²) in [5.74, 6) is -6.73. The fourth-order valence-electron chi connectivity index (χ4n) is 3.32. The molecule has 0 bridgehead atoms. The number of nitrogens with two attached hydrogens (primary N) is 1. The van der Waals surface area contributed by atoms with Crippen molar-refractivity contribution < 1.29 is 27.5 Å². The molecule has 0 radical (unpaired) electrons. The molecule has 0 aliphatic heterocycles. The summed E-state index contributed by atoms with van der Waals surface area (Å²) in [6.07, 6.45) is -0.846. The quantitative estimate of drug-likeness (QED) is 0.352. The number of amides is 1. The van der Waals surface area contributed by atoms with Gasteiger partial charge in [-0.2, -0.15) is 4.98 Å². The zero-order valence-corrected chi connectivity index (χ0v) is 17.9. The topological polar surface area (TPSA) is 106 Å². The molecule has 1 amide bonds. The highest BCUT2D eigenvalue weighted by atomic mass is 35.5. The summed E-state index contributed by atoms with van der Waals surface area (Å²) in [6, 6.07) is 9.38. The van der Waals surface area contributed by atoms with Crippen LogP contribution in [0.1, 0.15) is 22.0 Å². The molecule has 0 aliphatic carbocycles. The lowest BCUT2D eigenvalue weighted by atomic mass is 10.0. The van der Waals surface area contributed by atoms with Crippen LogP contribution in [0.15, 0.2) is 54.7 Å². The number of nitrogens with one attached hydrogen (secondary N) is 1. The van der Waals surface area contributed by atoms with E-state index in [-0.39, 0.29) is 22.1 Å². The molecule has 1 atom stereocenters. The van der Waals surface area contributed by atoms with Gasteiger partial charge in [0, 0.05) is 11.8 Å². The Morgan fingerprint density at radius 3 is 2.59 bits per heavy atom. The Labute approximate surface area is 194 Å². The van der Waals surface area contributed by atoms with E-state index in [1.807, 2.05) is 5.32 Å². The summed E-state index contributed by atoms with van der Waals surface area (Å²) in [7, 11) is 0. The van der Waals surface area contributed by atoms with E-state index >= 15 is 4.39 Å². The van der Waals surface area contributed by atoms with E-state index in [9.17, 15) is 23.1 Å². The van der Waals surface area contributed by atoms with E-state index in [1.165, 1.54) is 35.0 Å². The van der Waals surface area contributed by atoms with Crippen LogP contribution in [0.25, 0.3) is 16.8 Å². The summed E-state index contributed by atoms with van der Waals surface area (Å²) in [4.78, 5) is 16.6. The minimum Gasteiger partial charge on any atom is -0.382 e. The Morgan fingerprint density at radius 1 is 1.18 bits per heavy atom. The molecule has 0 saturated heterocycles. The number of hydrogen-bond acceptors (Lipinski definition) is 5. The third-order valence-corrected chi connectivity index (χ3v) is 5.37. The van der Waals surface area contributed by atoms with Gasteiger partial charge in [0.05, 0.1) is 17.1 Å². The van der Waals surface area contributed by atoms with Gasteiger partial charge in [-0.25, -0.2) is 22.1 Å². The molecule has 2 aromatic carbocycles. The number of halogens is 5. The first kappa shape index (κ1) is 23.5. The fourth-order valence-corrected chi connectivity index (χ4v) is 3.55. The molecule has 34 heavy (non-hydrogen) atoms. The van der Waals surface area contributed by atoms with Crippen LogP contribution in [0.3, 0.4) is 0 Å². The molecule has 7 nitrogen and oxygen atoms in total. The number of carbonyl (C=O) groups excluding carboxylic acids is 1. The van der Waals surface area contributed by atoms with E-state index in [0.29, 0.717) is 11.2 Å². The van der Waals surface area contributed by atoms with Crippen LogP contribution in [-0.2, 0) is 0 Å². The number of nitrogen functional groups attached to an aromatic ring is 1. The Bertz CT molecular complexity index is 1380. The zero-order chi connectivity index (χ0) is 24.6. The van der Waals surface area contributed by atoms with E-state index in [2.05, 4.69) is 10.1 Å². The van der Waals surface area contributed by atoms with Crippen LogP contribution in [0.2, 0.25) is 5.02 Å². The smallest absolute Gasteiger partial charge is 0.294 e. The van der Waals surface area contributed by atoms with Gasteiger partial charge >= 0.3 is 0 Å². The number of hydrogen-bond donors (Lipinski definition) is 3. The fraction of sp³-hybridized carbons (Fsp3) is 0.136. The standard InChI is InChI=1S/C22H16ClF4N5O2/c23-15-6-5-14(12-7-8-32-16(9-12)30-21(28)31-32)18(25)17(15)20(34)29-10-22(26,27)19(33)11-1-3-13(24)4-2-11/h1-9,19,33H,10H2,(H2,28,31)(H,29,34)/t19-/m1/s1. The summed E-state index contributed by atoms with van der Waals surface area (Å²) in [5.41, 5.74) is 5.26. The lowest BCUT2D eigenvalue weighted by Gasteiger charge is -2.23. The number of alkyl halides is 2. The van der Waals surface area contributed by atoms with Gasteiger partial charge in [0.25, 0.3) is 11.8 Å². The molecule has 2 heterocycles. The maximum atomic E-state index is 15.3. The van der Waals surface area contributed by atoms with Gasteiger partial charge in [-0.1, -0.05) is 23.7 Å². The molecular formula is C22H16ClF4N5O2. The third-order valence-electron chi connectivity index (χ3n) is 5.05. The summed E-state index contributed by atoms with van der Waals surface area (Å²) in [5, 5.41) is 15.5. The summed E-state index contributed by atoms with van der Waals surface area (Å²) >= 11 is 5.99. The van der Waals surface area contributed by atoms with Gasteiger partial charge in [-0.15, -0.1) is 5.10 Å². The van der Waals surface area contributed by atoms with Gasteiger partial charge in [0.15, 0.2) is 5.65 Å². The molecule has 0 fully saturated rings. The number of nitrogens with zero attached hydrogens (tertiary/aromatic N) is 3. The molecule has 4 rings (SSSR count). The van der Waals surface area contributed by atoms with Crippen molar-refractivity contribution in [2.45, 2.75) is 12.0 Å². The van der Waals surface area contributed by atoms with E-state index in [0.717, 1.165) is 24.3 Å². The van der Waals surface area contributed by atoms with E-state index < -0.39 is 41.7 Å². The van der Waals surface area contributed by atoms with Gasteiger partial charge in [0.2, 0.25) is 5.95 Å². The van der Waals surface area contributed by atoms with Crippen molar-refractivity contribution in [1.29, 1.82) is 0 Å². The average Bonchev–Trinajstić information content (AvgIpc) is 3.17. The van der Waals surface area contributed by atoms with Gasteiger partial charge in [-0.3, -0.25) is 4.79 Å². The molecule has 2 aromatic heterocycles. The van der Waals surface area contributed by atoms with Crippen molar-refractivity contribution >= 4 is 29.1 Å². The Morgan fingerprint density at radius 2 is 1.88 bits per heavy atom. The van der Waals surface area contributed by atoms with Gasteiger partial charge < -0.3 is 16.2 Å². The van der Waals surface area contributed by atoms with Crippen molar-refractivity contribution in [2.75, 3.05) is 12.3 Å². The molecule has 0 spiro atoms. The largest absolute Gasteiger partial charge is 0.382 e. The maximum absolute atomic E-state index is 15.3. The van der Waals surface area contributed by atoms with Gasteiger partial charge in [0.1, 0.15) is 17.7 Å². The number of aliphatic hydroxyl groups is 1. The summed E-state index contributed by atoms with van der Waals surface area (Å²) < 4.78 is 58.6. The van der Waals surface area contributed by atoms with Crippen LogP contribution >= 0.6 is 11.6 Å². The molecule has 4 N–H and O–H groups in total. The highest BCUT2D eigenvalue weighted by molar-refractivity contribution is 6.34. The van der Waals surface area contributed by atoms with E-state index in [4.69, 9.17) is 17.3 Å². The first-order valence-electron chi connectivity index (χ1n) is 9.76. The normalized spacial score (nSPS) is 12.6. The second-order valence-electron chi connectivity index (χ2n) is 7.37. The number of fused-ring (bicyclic) bond motifs is 1. The predicted molar refractivity (Wildman–Crippen MR) is 116 cm³/mol. The number of aliphatic hydroxyl groups excluding tert-OH is 1. The molecule has 0 saturated carbocycles. The van der Waals surface area contributed by atoms with Crippen LogP contribution in [0.4, 0.5) is 23.5 Å². The monoisotopic (exact) mass is 493 g/mol. The molecule has 0 aliphatic rings. The Balaban J connectivity index is 1.57. The average molecular weight is 494 g/mol. The first-order chi connectivity index (χ1) is 16.1. The van der Waals surface area contributed by atoms with Crippen molar-refractivity contribution in [1.82, 2.24) is 19.9 Å². The van der Waals surface area contributed by atoms with E-state index in [1.54, 1.807) is 0 Å². The molecular weight excluding hydrogens is 478 g/mol. The number of anilines is 1. The summed E-state index contributed by atoms with van der Waals surface area (Å²) in [6.45, 7) is -1.32. The second kappa shape index (κ2) is 8.92. The van der Waals surface area contributed by atoms with Crippen LogP contribution in [0.5, 0.6) is 0 Å². The van der Waals surface area contributed by atoms with Crippen LogP contribution in [0, 0.1) is 11.6 Å². The SMILES string of the molecule is Nc1nc2cc(-c3ccc(Cl)c(C(=O)NCC(F)(F)[C@H](O)c4ccc(F)cc4)c3F)ccn2n1. The van der Waals surface area contributed by atoms with Crippen molar-refractivity contribution in [3.8, 4) is 11.1 Å². The molecule has 0 unspecified atom stereocenters. The molecule has 4 aromatic rings. The van der Waals surface area contributed by atoms with Crippen molar-refractivity contribution in [3.63, 3.8) is 0 Å². The van der Waals surface area contributed by atoms with Gasteiger partial charge in [-0.05, 0) is 47.5 Å². The zero-order valence-electron chi connectivity index (χ0n) is 17.1. The lowest BCUT2D eigenvalue weighted by Crippen LogP contribution is -2.41. The highest BCUT2D eigenvalue weighted by Crippen LogP contribution is 2.32. The van der Waals surface area contributed by atoms with Crippen LogP contribution < -0.4 is 11.1 Å². The number of aromatic nitrogens is 3. The maximum Gasteiger partial charge on any atom is 0.294 e. The minimum atomic E-state index is -3.84. The lowest BCUT2D eigenvalue weighted by molar-refractivity contribution is -0.106. The minimum absolute atomic E-state index is 0.0116.